The lowest BCUT2D eigenvalue weighted by Crippen LogP contribution is -2.79. The largest absolute Gasteiger partial charge is 0.487 e. The fraction of sp³-hybridized carbons (Fsp3) is 0.436. The van der Waals surface area contributed by atoms with Gasteiger partial charge in [-0.3, -0.25) is 14.5 Å². The topological polar surface area (TPSA) is 59.1 Å². The first-order valence-electron chi connectivity index (χ1n) is 16.5. The van der Waals surface area contributed by atoms with Crippen LogP contribution in [0.1, 0.15) is 62.3 Å². The molecule has 1 amide bonds. The van der Waals surface area contributed by atoms with E-state index in [-0.39, 0.29) is 36.0 Å². The molecule has 6 nitrogen and oxygen atoms in total. The van der Waals surface area contributed by atoms with Crippen molar-refractivity contribution in [2.24, 2.45) is 5.92 Å². The first-order valence-corrected chi connectivity index (χ1v) is 16.5. The summed E-state index contributed by atoms with van der Waals surface area (Å²) in [7, 11) is 0. The standard InChI is InChI=1S/C39H42N2O4/c1-27(2)26-41(35(43)18-17-29-11-6-4-7-12-29)32-19-21-39(45-28(3)42)34-25-31-15-10-16-33-36(31)38(39,37(32)44-33)22-24-40(34)23-20-30-13-8-5-9-14-30/h4-16,27,32,34,37H,19-26H2,1-3H3/t32-,34+,37-,38-,39+/m0/s1. The summed E-state index contributed by atoms with van der Waals surface area (Å²) in [5, 5.41) is 0. The quantitative estimate of drug-likeness (QED) is 0.262. The molecule has 3 aromatic carbocycles. The van der Waals surface area contributed by atoms with Crippen LogP contribution in [0.4, 0.5) is 0 Å². The molecular formula is C39H42N2O4. The summed E-state index contributed by atoms with van der Waals surface area (Å²) >= 11 is 0. The van der Waals surface area contributed by atoms with Crippen molar-refractivity contribution in [3.05, 3.63) is 101 Å². The third-order valence-corrected chi connectivity index (χ3v) is 10.6. The van der Waals surface area contributed by atoms with Crippen LogP contribution < -0.4 is 4.74 Å². The molecule has 0 aromatic heterocycles. The molecule has 6 heteroatoms. The van der Waals surface area contributed by atoms with Crippen LogP contribution >= 0.6 is 0 Å². The van der Waals surface area contributed by atoms with Crippen LogP contribution in [0, 0.1) is 17.8 Å². The third kappa shape index (κ3) is 4.93. The Kier molecular flexibility index (Phi) is 7.70. The molecular weight excluding hydrogens is 560 g/mol. The number of nitrogens with zero attached hydrogens (tertiary/aromatic N) is 2. The fourth-order valence-corrected chi connectivity index (χ4v) is 8.99. The zero-order valence-corrected chi connectivity index (χ0v) is 26.5. The molecule has 2 aliphatic carbocycles. The van der Waals surface area contributed by atoms with Gasteiger partial charge < -0.3 is 14.4 Å². The highest BCUT2D eigenvalue weighted by molar-refractivity contribution is 5.94. The molecule has 7 rings (SSSR count). The van der Waals surface area contributed by atoms with E-state index in [9.17, 15) is 9.59 Å². The lowest BCUT2D eigenvalue weighted by molar-refractivity contribution is -0.224. The maximum absolute atomic E-state index is 14.0. The number of hydrogen-bond acceptors (Lipinski definition) is 5. The first kappa shape index (κ1) is 29.6. The van der Waals surface area contributed by atoms with E-state index >= 15 is 0 Å². The van der Waals surface area contributed by atoms with Crippen molar-refractivity contribution >= 4 is 11.9 Å². The van der Waals surface area contributed by atoms with Gasteiger partial charge >= 0.3 is 5.97 Å². The van der Waals surface area contributed by atoms with Gasteiger partial charge in [0, 0.05) is 37.1 Å². The first-order chi connectivity index (χ1) is 21.8. The molecule has 45 heavy (non-hydrogen) atoms. The van der Waals surface area contributed by atoms with Gasteiger partial charge in [-0.1, -0.05) is 80.4 Å². The number of carbonyl (C=O) groups is 2. The normalized spacial score (nSPS) is 27.5. The monoisotopic (exact) mass is 602 g/mol. The molecule has 3 aromatic rings. The van der Waals surface area contributed by atoms with Crippen LogP contribution in [0.2, 0.25) is 0 Å². The van der Waals surface area contributed by atoms with Crippen molar-refractivity contribution in [3.8, 4) is 17.6 Å². The molecule has 5 atom stereocenters. The Labute approximate surface area is 266 Å². The maximum atomic E-state index is 14.0. The number of hydrogen-bond donors (Lipinski definition) is 0. The minimum atomic E-state index is -0.739. The zero-order chi connectivity index (χ0) is 31.2. The average Bonchev–Trinajstić information content (AvgIpc) is 3.38. The second-order valence-electron chi connectivity index (χ2n) is 13.6. The van der Waals surface area contributed by atoms with E-state index < -0.39 is 11.0 Å². The summed E-state index contributed by atoms with van der Waals surface area (Å²) in [6.45, 7) is 8.18. The van der Waals surface area contributed by atoms with Gasteiger partial charge in [0.2, 0.25) is 0 Å². The molecule has 2 aliphatic heterocycles. The van der Waals surface area contributed by atoms with Crippen LogP contribution in [0.5, 0.6) is 5.75 Å². The Hall–Kier alpha value is -4.08. The molecule has 4 aliphatic rings. The Morgan fingerprint density at radius 3 is 2.51 bits per heavy atom. The van der Waals surface area contributed by atoms with Gasteiger partial charge in [0.15, 0.2) is 0 Å². The minimum Gasteiger partial charge on any atom is -0.487 e. The van der Waals surface area contributed by atoms with Crippen molar-refractivity contribution in [1.29, 1.82) is 0 Å². The highest BCUT2D eigenvalue weighted by atomic mass is 16.6. The lowest BCUT2D eigenvalue weighted by atomic mass is 9.48. The van der Waals surface area contributed by atoms with Crippen LogP contribution in [0.3, 0.4) is 0 Å². The van der Waals surface area contributed by atoms with E-state index in [4.69, 9.17) is 9.47 Å². The van der Waals surface area contributed by atoms with Gasteiger partial charge in [-0.05, 0) is 73.9 Å². The summed E-state index contributed by atoms with van der Waals surface area (Å²) in [6.07, 6.45) is 3.57. The minimum absolute atomic E-state index is 0.0267. The average molecular weight is 603 g/mol. The molecule has 0 unspecified atom stereocenters. The highest BCUT2D eigenvalue weighted by Gasteiger charge is 2.75. The number of likely N-dealkylation sites (tertiary alicyclic amines) is 1. The van der Waals surface area contributed by atoms with Gasteiger partial charge in [0.1, 0.15) is 17.5 Å². The van der Waals surface area contributed by atoms with Gasteiger partial charge in [0.25, 0.3) is 5.91 Å². The van der Waals surface area contributed by atoms with Crippen molar-refractivity contribution in [2.45, 2.75) is 82.1 Å². The van der Waals surface area contributed by atoms with Crippen LogP contribution in [-0.2, 0) is 32.6 Å². The van der Waals surface area contributed by atoms with E-state index in [2.05, 4.69) is 79.1 Å². The summed E-state index contributed by atoms with van der Waals surface area (Å²) < 4.78 is 13.7. The molecule has 0 N–H and O–H groups in total. The molecule has 232 valence electrons. The second-order valence-corrected chi connectivity index (χ2v) is 13.6. The van der Waals surface area contributed by atoms with Crippen molar-refractivity contribution in [2.75, 3.05) is 19.6 Å². The number of ether oxygens (including phenoxy) is 2. The summed E-state index contributed by atoms with van der Waals surface area (Å²) in [5.74, 6) is 6.76. The zero-order valence-electron chi connectivity index (χ0n) is 26.5. The molecule has 2 fully saturated rings. The van der Waals surface area contributed by atoms with Gasteiger partial charge in [-0.2, -0.15) is 0 Å². The Balaban J connectivity index is 1.29. The molecule has 1 saturated carbocycles. The molecule has 1 spiro atoms. The van der Waals surface area contributed by atoms with Gasteiger partial charge in [-0.25, -0.2) is 0 Å². The van der Waals surface area contributed by atoms with E-state index in [1.165, 1.54) is 16.7 Å². The SMILES string of the molecule is CC(=O)O[C@@]12CC[C@H](N(CC(C)C)C(=O)C#Cc3ccccc3)[C@@H]3Oc4cccc5c4[C@@]31CCN(CCc1ccccc1)[C@@H]2C5. The van der Waals surface area contributed by atoms with Crippen LogP contribution in [-0.4, -0.2) is 65.1 Å². The molecule has 2 bridgehead atoms. The van der Waals surface area contributed by atoms with Crippen LogP contribution in [0.25, 0.3) is 0 Å². The number of carbonyl (C=O) groups excluding carboxylic acids is 2. The van der Waals surface area contributed by atoms with Crippen molar-refractivity contribution < 1.29 is 19.1 Å². The summed E-state index contributed by atoms with van der Waals surface area (Å²) in [5.41, 5.74) is 3.33. The van der Waals surface area contributed by atoms with E-state index in [1.54, 1.807) is 6.92 Å². The van der Waals surface area contributed by atoms with Gasteiger partial charge in [-0.15, -0.1) is 0 Å². The molecule has 0 radical (unpaired) electrons. The van der Waals surface area contributed by atoms with E-state index in [1.807, 2.05) is 35.2 Å². The number of esters is 1. The van der Waals surface area contributed by atoms with E-state index in [0.717, 1.165) is 43.7 Å². The second kappa shape index (κ2) is 11.7. The smallest absolute Gasteiger partial charge is 0.303 e. The predicted octanol–water partition coefficient (Wildman–Crippen LogP) is 5.56. The third-order valence-electron chi connectivity index (χ3n) is 10.6. The van der Waals surface area contributed by atoms with E-state index in [0.29, 0.717) is 19.4 Å². The Morgan fingerprint density at radius 1 is 1.02 bits per heavy atom. The fourth-order valence-electron chi connectivity index (χ4n) is 8.99. The number of amides is 1. The number of piperidine rings is 1. The van der Waals surface area contributed by atoms with Crippen LogP contribution in [0.15, 0.2) is 78.9 Å². The number of benzene rings is 3. The predicted molar refractivity (Wildman–Crippen MR) is 174 cm³/mol. The summed E-state index contributed by atoms with van der Waals surface area (Å²) in [6, 6.07) is 26.5. The Morgan fingerprint density at radius 2 is 1.78 bits per heavy atom. The highest BCUT2D eigenvalue weighted by Crippen LogP contribution is 2.65. The molecule has 2 heterocycles. The van der Waals surface area contributed by atoms with Crippen molar-refractivity contribution in [3.63, 3.8) is 0 Å². The molecule has 1 saturated heterocycles. The summed E-state index contributed by atoms with van der Waals surface area (Å²) in [4.78, 5) is 31.5. The maximum Gasteiger partial charge on any atom is 0.303 e. The van der Waals surface area contributed by atoms with Crippen molar-refractivity contribution in [1.82, 2.24) is 9.80 Å². The lowest BCUT2D eigenvalue weighted by Gasteiger charge is -2.65. The number of rotatable bonds is 7. The van der Waals surface area contributed by atoms with Gasteiger partial charge in [0.05, 0.1) is 17.5 Å². The Bertz CT molecular complexity index is 1640.